The van der Waals surface area contributed by atoms with Crippen LogP contribution in [0.4, 0.5) is 4.79 Å². The summed E-state index contributed by atoms with van der Waals surface area (Å²) in [5, 5.41) is 11.1. The molecule has 4 aromatic rings. The van der Waals surface area contributed by atoms with Gasteiger partial charge in [0.15, 0.2) is 0 Å². The number of aromatic nitrogens is 3. The maximum Gasteiger partial charge on any atom is 0.320 e. The van der Waals surface area contributed by atoms with Gasteiger partial charge in [-0.2, -0.15) is 0 Å². The Bertz CT molecular complexity index is 2500. The summed E-state index contributed by atoms with van der Waals surface area (Å²) in [6.45, 7) is 15.0. The van der Waals surface area contributed by atoms with E-state index in [1.54, 1.807) is 25.3 Å². The summed E-state index contributed by atoms with van der Waals surface area (Å²) < 4.78 is 14.7. The van der Waals surface area contributed by atoms with Crippen molar-refractivity contribution in [1.82, 2.24) is 45.4 Å². The quantitative estimate of drug-likeness (QED) is 0.174. The number of benzene rings is 1. The number of carbonyl (C=O) groups is 5. The normalized spacial score (nSPS) is 24.3. The zero-order valence-corrected chi connectivity index (χ0v) is 41.0. The molecule has 3 N–H and O–H groups in total. The van der Waals surface area contributed by atoms with E-state index in [2.05, 4.69) is 65.7 Å². The molecule has 17 heteroatoms. The Kier molecular flexibility index (Phi) is 14.2. The molecule has 8 rings (SSSR count). The van der Waals surface area contributed by atoms with Crippen LogP contribution in [-0.2, 0) is 48.0 Å². The number of thiazole rings is 1. The number of methoxy groups -OCH3 is 1. The molecule has 4 aliphatic heterocycles. The Morgan fingerprint density at radius 2 is 1.94 bits per heavy atom. The second kappa shape index (κ2) is 19.8. The van der Waals surface area contributed by atoms with Crippen LogP contribution < -0.4 is 16.1 Å². The van der Waals surface area contributed by atoms with E-state index >= 15 is 0 Å². The van der Waals surface area contributed by atoms with Crippen LogP contribution >= 0.6 is 11.3 Å². The van der Waals surface area contributed by atoms with Crippen LogP contribution in [0.2, 0.25) is 0 Å². The number of urea groups is 1. The summed E-state index contributed by atoms with van der Waals surface area (Å²) >= 11 is 1.41. The van der Waals surface area contributed by atoms with E-state index in [9.17, 15) is 24.0 Å². The number of piperidine rings is 2. The zero-order valence-electron chi connectivity index (χ0n) is 40.2. The number of nitrogens with zero attached hydrogens (tertiary/aromatic N) is 6. The first-order chi connectivity index (χ1) is 32.1. The van der Waals surface area contributed by atoms with Gasteiger partial charge in [-0.25, -0.2) is 15.2 Å². The van der Waals surface area contributed by atoms with Gasteiger partial charge in [0, 0.05) is 86.9 Å². The van der Waals surface area contributed by atoms with E-state index in [-0.39, 0.29) is 48.8 Å². The van der Waals surface area contributed by atoms with E-state index in [1.165, 1.54) is 21.2 Å². The fourth-order valence-electron chi connectivity index (χ4n) is 10.8. The first-order valence-corrected chi connectivity index (χ1v) is 24.8. The van der Waals surface area contributed by atoms with Crippen molar-refractivity contribution in [2.75, 3.05) is 53.6 Å². The molecule has 0 aliphatic carbocycles. The van der Waals surface area contributed by atoms with Crippen LogP contribution in [0.15, 0.2) is 41.9 Å². The van der Waals surface area contributed by atoms with Crippen molar-refractivity contribution < 1.29 is 33.4 Å². The van der Waals surface area contributed by atoms with Crippen molar-refractivity contribution in [3.8, 4) is 22.5 Å². The van der Waals surface area contributed by atoms with Gasteiger partial charge in [0.05, 0.1) is 47.3 Å². The summed E-state index contributed by atoms with van der Waals surface area (Å²) in [5.41, 5.74) is 8.45. The number of pyridine rings is 1. The van der Waals surface area contributed by atoms with Crippen LogP contribution in [0.5, 0.6) is 0 Å². The van der Waals surface area contributed by atoms with E-state index in [0.29, 0.717) is 63.6 Å². The Morgan fingerprint density at radius 3 is 2.69 bits per heavy atom. The monoisotopic (exact) mass is 937 g/mol. The standard InChI is InChI=1S/C50H67N9O7S/c1-9-58-40-14-13-33-22-35(40)36(44(58)34-12-10-18-51-42(34)31(4)65-8)24-49(5,6)28-66-29-50(27-60)17-11-20-59(55-50)47(63)38(23-41-53-39(33)26-67-41)54-46(62)43(30(2)3)56(7)48(64)57-21-16-32-15-19-52-45(61)37(32)25-57/h10,12-14,18,22,26-27,30-32,37-38,43,55H,9,11,15-17,19-21,23-25,28-29H2,1-8H3,(H,52,61)(H,54,62)/t31-,32+,37-,38-,43-,50?/m0/s1. The maximum atomic E-state index is 14.8. The van der Waals surface area contributed by atoms with Gasteiger partial charge in [0.25, 0.3) is 5.91 Å². The number of hydrazine groups is 1. The number of carbonyl (C=O) groups excluding carboxylic acids is 5. The number of aldehydes is 1. The molecule has 1 aromatic carbocycles. The van der Waals surface area contributed by atoms with Crippen molar-refractivity contribution in [3.63, 3.8) is 0 Å². The zero-order chi connectivity index (χ0) is 47.8. The molecule has 67 heavy (non-hydrogen) atoms. The molecule has 1 unspecified atom stereocenters. The predicted octanol–water partition coefficient (Wildman–Crippen LogP) is 5.78. The molecule has 6 bridgehead atoms. The van der Waals surface area contributed by atoms with E-state index in [4.69, 9.17) is 19.4 Å². The van der Waals surface area contributed by atoms with Crippen LogP contribution in [0.25, 0.3) is 33.4 Å². The predicted molar refractivity (Wildman–Crippen MR) is 257 cm³/mol. The smallest absolute Gasteiger partial charge is 0.320 e. The van der Waals surface area contributed by atoms with E-state index in [1.807, 2.05) is 32.2 Å². The molecule has 0 spiro atoms. The summed E-state index contributed by atoms with van der Waals surface area (Å²) in [4.78, 5) is 82.4. The number of amides is 5. The minimum atomic E-state index is -1.19. The Labute approximate surface area is 397 Å². The van der Waals surface area contributed by atoms with Gasteiger partial charge in [-0.05, 0) is 93.0 Å². The molecular weight excluding hydrogens is 871 g/mol. The number of nitrogens with one attached hydrogen (secondary N) is 3. The number of hydrogen-bond donors (Lipinski definition) is 3. The fourth-order valence-corrected chi connectivity index (χ4v) is 11.6. The third-order valence-corrected chi connectivity index (χ3v) is 15.2. The first kappa shape index (κ1) is 48.2. The average Bonchev–Trinajstić information content (AvgIpc) is 3.91. The highest BCUT2D eigenvalue weighted by Gasteiger charge is 2.43. The van der Waals surface area contributed by atoms with Gasteiger partial charge in [0.1, 0.15) is 23.9 Å². The molecule has 4 aliphatic rings. The number of fused-ring (bicyclic) bond motifs is 7. The second-order valence-electron chi connectivity index (χ2n) is 20.1. The number of rotatable bonds is 9. The molecule has 360 valence electrons. The molecule has 6 atom stereocenters. The molecule has 3 saturated heterocycles. The van der Waals surface area contributed by atoms with Crippen molar-refractivity contribution in [2.24, 2.45) is 23.2 Å². The Hall–Kier alpha value is -5.23. The Balaban J connectivity index is 1.16. The summed E-state index contributed by atoms with van der Waals surface area (Å²) in [5.74, 6) is -1.31. The maximum absolute atomic E-state index is 14.8. The minimum Gasteiger partial charge on any atom is -0.378 e. The van der Waals surface area contributed by atoms with Crippen LogP contribution in [0, 0.1) is 23.2 Å². The minimum absolute atomic E-state index is 0.0322. The van der Waals surface area contributed by atoms with Crippen molar-refractivity contribution in [2.45, 2.75) is 110 Å². The van der Waals surface area contributed by atoms with Gasteiger partial charge in [-0.3, -0.25) is 24.4 Å². The summed E-state index contributed by atoms with van der Waals surface area (Å²) in [6, 6.07) is 8.15. The molecule has 3 fully saturated rings. The van der Waals surface area contributed by atoms with Crippen LogP contribution in [0.1, 0.15) is 89.6 Å². The summed E-state index contributed by atoms with van der Waals surface area (Å²) in [7, 11) is 3.31. The highest BCUT2D eigenvalue weighted by molar-refractivity contribution is 7.10. The van der Waals surface area contributed by atoms with Gasteiger partial charge in [-0.1, -0.05) is 33.8 Å². The fraction of sp³-hybridized carbons (Fsp3) is 0.580. The third kappa shape index (κ3) is 9.74. The number of likely N-dealkylation sites (N-methyl/N-ethyl adjacent to an activating group) is 1. The number of likely N-dealkylation sites (tertiary alicyclic amines) is 1. The van der Waals surface area contributed by atoms with E-state index in [0.717, 1.165) is 63.8 Å². The second-order valence-corrected chi connectivity index (χ2v) is 21.0. The largest absolute Gasteiger partial charge is 0.378 e. The lowest BCUT2D eigenvalue weighted by Crippen LogP contribution is -2.66. The lowest BCUT2D eigenvalue weighted by atomic mass is 9.80. The topological polar surface area (TPSA) is 180 Å². The molecule has 7 heterocycles. The number of ether oxygens (including phenoxy) is 2. The molecule has 3 aromatic heterocycles. The highest BCUT2D eigenvalue weighted by atomic mass is 32.1. The molecule has 16 nitrogen and oxygen atoms in total. The third-order valence-electron chi connectivity index (χ3n) is 14.3. The van der Waals surface area contributed by atoms with Gasteiger partial charge >= 0.3 is 6.03 Å². The van der Waals surface area contributed by atoms with Crippen molar-refractivity contribution in [1.29, 1.82) is 0 Å². The van der Waals surface area contributed by atoms with Crippen LogP contribution in [-0.4, -0.2) is 131 Å². The van der Waals surface area contributed by atoms with E-state index < -0.39 is 34.9 Å². The average molecular weight is 938 g/mol. The van der Waals surface area contributed by atoms with Crippen molar-refractivity contribution >= 4 is 52.3 Å². The molecule has 0 saturated carbocycles. The molecular formula is C50H67N9O7S. The number of aryl methyl sites for hydroxylation is 1. The van der Waals surface area contributed by atoms with Gasteiger partial charge in [0.2, 0.25) is 11.8 Å². The summed E-state index contributed by atoms with van der Waals surface area (Å²) in [6.07, 6.45) is 5.70. The lowest BCUT2D eigenvalue weighted by Gasteiger charge is -2.43. The van der Waals surface area contributed by atoms with Crippen LogP contribution in [0.3, 0.4) is 0 Å². The van der Waals surface area contributed by atoms with Crippen molar-refractivity contribution in [3.05, 3.63) is 58.2 Å². The highest BCUT2D eigenvalue weighted by Crippen LogP contribution is 2.42. The first-order valence-electron chi connectivity index (χ1n) is 23.9. The number of hydrogen-bond acceptors (Lipinski definition) is 11. The van der Waals surface area contributed by atoms with Gasteiger partial charge in [-0.15, -0.1) is 11.3 Å². The van der Waals surface area contributed by atoms with Gasteiger partial charge < -0.3 is 39.3 Å². The lowest BCUT2D eigenvalue weighted by molar-refractivity contribution is -0.147. The Morgan fingerprint density at radius 1 is 1.13 bits per heavy atom. The molecule has 0 radical (unpaired) electrons. The SMILES string of the molecule is CCn1c(-c2cccnc2[C@H](C)OC)c2c3cc(ccc31)-c1csc(n1)C[C@H](NC(=O)[C@H](C(C)C)N(C)C(=O)N1CC[C@H]3CCNC(=O)[C@H]3C1)C(=O)N1CCCC(C=O)(COCC(C)(C)C2)N1. The molecule has 5 amide bonds.